The van der Waals surface area contributed by atoms with Gasteiger partial charge in [-0.3, -0.25) is 9.98 Å². The minimum absolute atomic E-state index is 0.969. The Morgan fingerprint density at radius 1 is 1.14 bits per heavy atom. The van der Waals surface area contributed by atoms with Crippen LogP contribution in [0.4, 0.5) is 0 Å². The standard InChI is InChI=1S/C12H14N2/c1-8-4-11(7-13-6-8)12-5-9(2)10(3)14-12/h4,6-7H,5H2,1-3H3. The molecule has 0 radical (unpaired) electrons. The number of hydrogen-bond donors (Lipinski definition) is 0. The van der Waals surface area contributed by atoms with Crippen LogP contribution in [0.1, 0.15) is 31.4 Å². The number of aromatic nitrogens is 1. The summed E-state index contributed by atoms with van der Waals surface area (Å²) in [4.78, 5) is 8.72. The van der Waals surface area contributed by atoms with E-state index >= 15 is 0 Å². The Kier molecular flexibility index (Phi) is 2.20. The molecule has 1 aliphatic rings. The Balaban J connectivity index is 2.32. The molecule has 2 heteroatoms. The first-order chi connectivity index (χ1) is 6.66. The first-order valence-electron chi connectivity index (χ1n) is 4.83. The summed E-state index contributed by atoms with van der Waals surface area (Å²) < 4.78 is 0. The van der Waals surface area contributed by atoms with Crippen molar-refractivity contribution >= 4 is 5.71 Å². The highest BCUT2D eigenvalue weighted by molar-refractivity contribution is 6.03. The molecule has 1 aliphatic heterocycles. The largest absolute Gasteiger partial charge is 0.264 e. The van der Waals surface area contributed by atoms with Crippen molar-refractivity contribution in [3.05, 3.63) is 40.9 Å². The summed E-state index contributed by atoms with van der Waals surface area (Å²) in [7, 11) is 0. The number of allylic oxidation sites excluding steroid dienone is 2. The first-order valence-corrected chi connectivity index (χ1v) is 4.83. The van der Waals surface area contributed by atoms with Crippen LogP contribution < -0.4 is 0 Å². The number of nitrogens with zero attached hydrogens (tertiary/aromatic N) is 2. The van der Waals surface area contributed by atoms with Crippen molar-refractivity contribution in [3.63, 3.8) is 0 Å². The van der Waals surface area contributed by atoms with Gasteiger partial charge in [0, 0.05) is 30.1 Å². The lowest BCUT2D eigenvalue weighted by Crippen LogP contribution is -1.98. The van der Waals surface area contributed by atoms with Crippen LogP contribution in [0, 0.1) is 6.92 Å². The molecule has 0 saturated carbocycles. The van der Waals surface area contributed by atoms with E-state index in [-0.39, 0.29) is 0 Å². The van der Waals surface area contributed by atoms with Gasteiger partial charge in [-0.05, 0) is 38.0 Å². The molecule has 0 aromatic carbocycles. The SMILES string of the molecule is CC1=C(C)N=C(c2cncc(C)c2)C1. The number of aliphatic imine (C=N–C) groups is 1. The summed E-state index contributed by atoms with van der Waals surface area (Å²) in [6.45, 7) is 6.25. The minimum Gasteiger partial charge on any atom is -0.264 e. The summed E-state index contributed by atoms with van der Waals surface area (Å²) >= 11 is 0. The van der Waals surface area contributed by atoms with Crippen molar-refractivity contribution in [3.8, 4) is 0 Å². The van der Waals surface area contributed by atoms with Gasteiger partial charge < -0.3 is 0 Å². The molecular weight excluding hydrogens is 172 g/mol. The molecule has 1 aromatic rings. The zero-order valence-electron chi connectivity index (χ0n) is 8.83. The maximum absolute atomic E-state index is 4.54. The summed E-state index contributed by atoms with van der Waals surface area (Å²) in [5.41, 5.74) is 6.01. The van der Waals surface area contributed by atoms with Crippen molar-refractivity contribution in [1.82, 2.24) is 4.98 Å². The van der Waals surface area contributed by atoms with E-state index in [1.807, 2.05) is 12.4 Å². The Morgan fingerprint density at radius 3 is 2.50 bits per heavy atom. The van der Waals surface area contributed by atoms with Gasteiger partial charge in [0.15, 0.2) is 0 Å². The fraction of sp³-hybridized carbons (Fsp3) is 0.333. The lowest BCUT2D eigenvalue weighted by atomic mass is 10.1. The fourth-order valence-corrected chi connectivity index (χ4v) is 1.60. The van der Waals surface area contributed by atoms with E-state index in [9.17, 15) is 0 Å². The zero-order valence-corrected chi connectivity index (χ0v) is 8.83. The Morgan fingerprint density at radius 2 is 1.93 bits per heavy atom. The van der Waals surface area contributed by atoms with Gasteiger partial charge in [-0.2, -0.15) is 0 Å². The van der Waals surface area contributed by atoms with Crippen molar-refractivity contribution in [1.29, 1.82) is 0 Å². The van der Waals surface area contributed by atoms with Crippen LogP contribution in [0.25, 0.3) is 0 Å². The van der Waals surface area contributed by atoms with Crippen molar-refractivity contribution in [2.75, 3.05) is 0 Å². The third kappa shape index (κ3) is 1.60. The van der Waals surface area contributed by atoms with Crippen molar-refractivity contribution < 1.29 is 0 Å². The number of aryl methyl sites for hydroxylation is 1. The van der Waals surface area contributed by atoms with Gasteiger partial charge in [0.1, 0.15) is 0 Å². The molecule has 0 atom stereocenters. The maximum Gasteiger partial charge on any atom is 0.0535 e. The first kappa shape index (κ1) is 9.13. The summed E-state index contributed by atoms with van der Waals surface area (Å²) in [5.74, 6) is 0. The topological polar surface area (TPSA) is 25.2 Å². The second-order valence-electron chi connectivity index (χ2n) is 3.85. The van der Waals surface area contributed by atoms with Gasteiger partial charge in [-0.25, -0.2) is 0 Å². The normalized spacial score (nSPS) is 16.1. The van der Waals surface area contributed by atoms with E-state index < -0.39 is 0 Å². The third-order valence-corrected chi connectivity index (χ3v) is 2.56. The average molecular weight is 186 g/mol. The van der Waals surface area contributed by atoms with E-state index in [1.165, 1.54) is 11.1 Å². The second-order valence-corrected chi connectivity index (χ2v) is 3.85. The molecule has 1 aromatic heterocycles. The average Bonchev–Trinajstić information content (AvgIpc) is 2.47. The van der Waals surface area contributed by atoms with Crippen LogP contribution in [0.2, 0.25) is 0 Å². The summed E-state index contributed by atoms with van der Waals surface area (Å²) in [6, 6.07) is 2.14. The molecule has 0 unspecified atom stereocenters. The molecule has 14 heavy (non-hydrogen) atoms. The van der Waals surface area contributed by atoms with Gasteiger partial charge in [-0.1, -0.05) is 0 Å². The molecule has 0 aliphatic carbocycles. The van der Waals surface area contributed by atoms with E-state index in [4.69, 9.17) is 0 Å². The highest BCUT2D eigenvalue weighted by Crippen LogP contribution is 2.22. The van der Waals surface area contributed by atoms with E-state index in [1.54, 1.807) is 0 Å². The van der Waals surface area contributed by atoms with Gasteiger partial charge in [0.2, 0.25) is 0 Å². The van der Waals surface area contributed by atoms with Crippen LogP contribution in [-0.4, -0.2) is 10.7 Å². The molecule has 0 amide bonds. The number of rotatable bonds is 1. The lowest BCUT2D eigenvalue weighted by Gasteiger charge is -2.00. The Hall–Kier alpha value is -1.44. The van der Waals surface area contributed by atoms with Crippen molar-refractivity contribution in [2.24, 2.45) is 4.99 Å². The fourth-order valence-electron chi connectivity index (χ4n) is 1.60. The third-order valence-electron chi connectivity index (χ3n) is 2.56. The number of hydrogen-bond acceptors (Lipinski definition) is 2. The maximum atomic E-state index is 4.54. The van der Waals surface area contributed by atoms with Gasteiger partial charge in [0.25, 0.3) is 0 Å². The lowest BCUT2D eigenvalue weighted by molar-refractivity contribution is 1.21. The summed E-state index contributed by atoms with van der Waals surface area (Å²) in [5, 5.41) is 0. The molecule has 2 rings (SSSR count). The zero-order chi connectivity index (χ0) is 10.1. The highest BCUT2D eigenvalue weighted by Gasteiger charge is 2.13. The van der Waals surface area contributed by atoms with Crippen LogP contribution in [-0.2, 0) is 0 Å². The molecule has 0 saturated heterocycles. The molecule has 0 fully saturated rings. The van der Waals surface area contributed by atoms with Gasteiger partial charge in [0.05, 0.1) is 5.71 Å². The van der Waals surface area contributed by atoms with E-state index in [2.05, 4.69) is 36.8 Å². The van der Waals surface area contributed by atoms with Crippen LogP contribution in [0.3, 0.4) is 0 Å². The van der Waals surface area contributed by atoms with E-state index in [0.29, 0.717) is 0 Å². The van der Waals surface area contributed by atoms with Crippen LogP contribution in [0.15, 0.2) is 34.7 Å². The van der Waals surface area contributed by atoms with Gasteiger partial charge >= 0.3 is 0 Å². The smallest absolute Gasteiger partial charge is 0.0535 e. The van der Waals surface area contributed by atoms with E-state index in [0.717, 1.165) is 23.4 Å². The molecule has 2 nitrogen and oxygen atoms in total. The van der Waals surface area contributed by atoms with Crippen LogP contribution >= 0.6 is 0 Å². The molecular formula is C12H14N2. The second kappa shape index (κ2) is 3.37. The van der Waals surface area contributed by atoms with Gasteiger partial charge in [-0.15, -0.1) is 0 Å². The predicted octanol–water partition coefficient (Wildman–Crippen LogP) is 2.88. The Labute approximate surface area is 84.4 Å². The molecule has 0 N–H and O–H groups in total. The minimum atomic E-state index is 0.969. The highest BCUT2D eigenvalue weighted by atomic mass is 14.8. The van der Waals surface area contributed by atoms with Crippen molar-refractivity contribution in [2.45, 2.75) is 27.2 Å². The molecule has 0 bridgehead atoms. The quantitative estimate of drug-likeness (QED) is 0.662. The number of pyridine rings is 1. The predicted molar refractivity (Wildman–Crippen MR) is 58.5 cm³/mol. The molecule has 2 heterocycles. The molecule has 0 spiro atoms. The monoisotopic (exact) mass is 186 g/mol. The van der Waals surface area contributed by atoms with Crippen LogP contribution in [0.5, 0.6) is 0 Å². The summed E-state index contributed by atoms with van der Waals surface area (Å²) in [6.07, 6.45) is 4.72. The Bertz CT molecular complexity index is 428. The molecule has 72 valence electrons.